The summed E-state index contributed by atoms with van der Waals surface area (Å²) in [6.45, 7) is 4.93. The number of carbonyl (C=O) groups excluding carboxylic acids is 3. The molecule has 7 nitrogen and oxygen atoms in total. The summed E-state index contributed by atoms with van der Waals surface area (Å²) in [6.07, 6.45) is 0. The topological polar surface area (TPSA) is 79.0 Å². The van der Waals surface area contributed by atoms with Crippen LogP contribution in [0.1, 0.15) is 25.0 Å². The lowest BCUT2D eigenvalue weighted by atomic mass is 10.0. The maximum atomic E-state index is 13.3. The molecule has 0 spiro atoms. The van der Waals surface area contributed by atoms with Crippen LogP contribution in [0.5, 0.6) is 0 Å². The number of nitrogens with one attached hydrogen (secondary N) is 1. The van der Waals surface area contributed by atoms with Gasteiger partial charge in [-0.2, -0.15) is 0 Å². The molecule has 2 aromatic rings. The molecular weight excluding hydrogens is 394 g/mol. The van der Waals surface area contributed by atoms with E-state index in [2.05, 4.69) is 5.32 Å². The highest BCUT2D eigenvalue weighted by Gasteiger charge is 2.41. The van der Waals surface area contributed by atoms with Gasteiger partial charge in [0.25, 0.3) is 11.8 Å². The van der Waals surface area contributed by atoms with Gasteiger partial charge in [0.1, 0.15) is 5.70 Å². The maximum Gasteiger partial charge on any atom is 0.277 e. The Kier molecular flexibility index (Phi) is 7.20. The smallest absolute Gasteiger partial charge is 0.277 e. The molecular formula is C24H27N3O4. The van der Waals surface area contributed by atoms with Crippen LogP contribution in [0, 0.1) is 0 Å². The van der Waals surface area contributed by atoms with E-state index in [1.807, 2.05) is 42.2 Å². The second kappa shape index (κ2) is 10.0. The van der Waals surface area contributed by atoms with Crippen molar-refractivity contribution < 1.29 is 19.1 Å². The van der Waals surface area contributed by atoms with E-state index in [0.717, 1.165) is 5.56 Å². The van der Waals surface area contributed by atoms with Crippen molar-refractivity contribution in [1.82, 2.24) is 9.80 Å². The third kappa shape index (κ3) is 5.00. The molecule has 0 radical (unpaired) electrons. The molecule has 2 aromatic carbocycles. The Morgan fingerprint density at radius 1 is 1.03 bits per heavy atom. The largest absolute Gasteiger partial charge is 0.383 e. The Labute approximate surface area is 182 Å². The summed E-state index contributed by atoms with van der Waals surface area (Å²) in [5.74, 6) is -0.831. The quantitative estimate of drug-likeness (QED) is 0.630. The number of imide groups is 1. The summed E-state index contributed by atoms with van der Waals surface area (Å²) in [5, 5.41) is 2.71. The van der Waals surface area contributed by atoms with E-state index >= 15 is 0 Å². The lowest BCUT2D eigenvalue weighted by Crippen LogP contribution is -2.37. The van der Waals surface area contributed by atoms with Crippen LogP contribution in [0.25, 0.3) is 5.57 Å². The van der Waals surface area contributed by atoms with Crippen molar-refractivity contribution in [2.24, 2.45) is 0 Å². The van der Waals surface area contributed by atoms with Crippen LogP contribution in [-0.2, 0) is 25.7 Å². The first-order chi connectivity index (χ1) is 15.0. The van der Waals surface area contributed by atoms with Crippen molar-refractivity contribution in [3.63, 3.8) is 0 Å². The lowest BCUT2D eigenvalue weighted by molar-refractivity contribution is -0.138. The zero-order chi connectivity index (χ0) is 22.4. The number of methoxy groups -OCH3 is 1. The van der Waals surface area contributed by atoms with E-state index in [-0.39, 0.29) is 30.9 Å². The molecule has 0 atom stereocenters. The number of hydrogen-bond donors (Lipinski definition) is 1. The molecule has 31 heavy (non-hydrogen) atoms. The van der Waals surface area contributed by atoms with Gasteiger partial charge in [-0.05, 0) is 30.2 Å². The fraction of sp³-hybridized carbons (Fsp3) is 0.292. The van der Waals surface area contributed by atoms with Gasteiger partial charge in [0, 0.05) is 32.8 Å². The fourth-order valence-corrected chi connectivity index (χ4v) is 3.58. The zero-order valence-electron chi connectivity index (χ0n) is 18.1. The highest BCUT2D eigenvalue weighted by atomic mass is 16.5. The second-order valence-corrected chi connectivity index (χ2v) is 7.24. The number of anilines is 1. The van der Waals surface area contributed by atoms with Gasteiger partial charge < -0.3 is 15.0 Å². The fourth-order valence-electron chi connectivity index (χ4n) is 3.58. The summed E-state index contributed by atoms with van der Waals surface area (Å²) in [6, 6.07) is 16.8. The predicted molar refractivity (Wildman–Crippen MR) is 119 cm³/mol. The second-order valence-electron chi connectivity index (χ2n) is 7.24. The molecule has 1 aliphatic rings. The van der Waals surface area contributed by atoms with E-state index in [4.69, 9.17) is 4.74 Å². The standard InChI is InChI=1S/C24H27N3O4/c1-4-26(16-18-8-6-5-7-9-18)22-21(23(29)27(24(22)30)14-15-31-3)19-10-12-20(13-11-19)25-17(2)28/h5-13H,4,14-16H2,1-3H3,(H,25,28). The van der Waals surface area contributed by atoms with Crippen LogP contribution in [0.4, 0.5) is 5.69 Å². The van der Waals surface area contributed by atoms with Gasteiger partial charge in [0.2, 0.25) is 5.91 Å². The number of likely N-dealkylation sites (N-methyl/N-ethyl adjacent to an activating group) is 1. The Morgan fingerprint density at radius 3 is 2.29 bits per heavy atom. The van der Waals surface area contributed by atoms with Crippen molar-refractivity contribution in [2.45, 2.75) is 20.4 Å². The molecule has 1 N–H and O–H groups in total. The van der Waals surface area contributed by atoms with E-state index in [0.29, 0.717) is 35.6 Å². The first-order valence-electron chi connectivity index (χ1n) is 10.2. The monoisotopic (exact) mass is 421 g/mol. The molecule has 3 rings (SSSR count). The molecule has 0 fully saturated rings. The molecule has 162 valence electrons. The molecule has 0 aromatic heterocycles. The predicted octanol–water partition coefficient (Wildman–Crippen LogP) is 2.89. The highest BCUT2D eigenvalue weighted by molar-refractivity contribution is 6.35. The number of ether oxygens (including phenoxy) is 1. The van der Waals surface area contributed by atoms with Gasteiger partial charge in [-0.25, -0.2) is 0 Å². The Balaban J connectivity index is 2.02. The van der Waals surface area contributed by atoms with Crippen molar-refractivity contribution in [1.29, 1.82) is 0 Å². The first-order valence-corrected chi connectivity index (χ1v) is 10.2. The Bertz CT molecular complexity index is 984. The van der Waals surface area contributed by atoms with Crippen LogP contribution >= 0.6 is 0 Å². The van der Waals surface area contributed by atoms with E-state index in [1.54, 1.807) is 24.3 Å². The summed E-state index contributed by atoms with van der Waals surface area (Å²) in [7, 11) is 1.54. The van der Waals surface area contributed by atoms with Gasteiger partial charge in [-0.1, -0.05) is 42.5 Å². The number of rotatable bonds is 9. The Hall–Kier alpha value is -3.45. The third-order valence-corrected chi connectivity index (χ3v) is 5.07. The van der Waals surface area contributed by atoms with Gasteiger partial charge >= 0.3 is 0 Å². The van der Waals surface area contributed by atoms with Gasteiger partial charge in [-0.15, -0.1) is 0 Å². The van der Waals surface area contributed by atoms with Crippen LogP contribution in [0.15, 0.2) is 60.3 Å². The molecule has 7 heteroatoms. The van der Waals surface area contributed by atoms with Gasteiger partial charge in [0.05, 0.1) is 18.7 Å². The van der Waals surface area contributed by atoms with Crippen LogP contribution in [0.3, 0.4) is 0 Å². The summed E-state index contributed by atoms with van der Waals surface area (Å²) in [5.41, 5.74) is 3.07. The number of benzene rings is 2. The van der Waals surface area contributed by atoms with Crippen molar-refractivity contribution in [3.05, 3.63) is 71.4 Å². The molecule has 1 heterocycles. The van der Waals surface area contributed by atoms with Crippen molar-refractivity contribution >= 4 is 29.0 Å². The van der Waals surface area contributed by atoms with E-state index in [9.17, 15) is 14.4 Å². The maximum absolute atomic E-state index is 13.3. The van der Waals surface area contributed by atoms with E-state index < -0.39 is 0 Å². The molecule has 0 unspecified atom stereocenters. The van der Waals surface area contributed by atoms with E-state index in [1.165, 1.54) is 18.9 Å². The SMILES string of the molecule is CCN(Cc1ccccc1)C1=C(c2ccc(NC(C)=O)cc2)C(=O)N(CCOC)C1=O. The minimum Gasteiger partial charge on any atom is -0.383 e. The third-order valence-electron chi connectivity index (χ3n) is 5.07. The normalized spacial score (nSPS) is 13.7. The average Bonchev–Trinajstić information content (AvgIpc) is 3.01. The first kappa shape index (κ1) is 22.2. The molecule has 3 amide bonds. The van der Waals surface area contributed by atoms with Crippen molar-refractivity contribution in [2.75, 3.05) is 32.1 Å². The number of carbonyl (C=O) groups is 3. The summed E-state index contributed by atoms with van der Waals surface area (Å²) in [4.78, 5) is 41.0. The lowest BCUT2D eigenvalue weighted by Gasteiger charge is -2.25. The zero-order valence-corrected chi connectivity index (χ0v) is 18.1. The molecule has 1 aliphatic heterocycles. The molecule has 0 aliphatic carbocycles. The number of amides is 3. The van der Waals surface area contributed by atoms with Crippen LogP contribution in [0.2, 0.25) is 0 Å². The van der Waals surface area contributed by atoms with Crippen molar-refractivity contribution in [3.8, 4) is 0 Å². The summed E-state index contributed by atoms with van der Waals surface area (Å²) < 4.78 is 5.09. The minimum absolute atomic E-state index is 0.175. The average molecular weight is 421 g/mol. The van der Waals surface area contributed by atoms with Gasteiger partial charge in [0.15, 0.2) is 0 Å². The molecule has 0 saturated heterocycles. The molecule has 0 saturated carbocycles. The molecule has 0 bridgehead atoms. The van der Waals surface area contributed by atoms with Gasteiger partial charge in [-0.3, -0.25) is 19.3 Å². The highest BCUT2D eigenvalue weighted by Crippen LogP contribution is 2.33. The Morgan fingerprint density at radius 2 is 1.71 bits per heavy atom. The number of hydrogen-bond acceptors (Lipinski definition) is 5. The van der Waals surface area contributed by atoms with Crippen LogP contribution < -0.4 is 5.32 Å². The summed E-state index contributed by atoms with van der Waals surface area (Å²) >= 11 is 0. The minimum atomic E-state index is -0.337. The van der Waals surface area contributed by atoms with Crippen LogP contribution in [-0.4, -0.2) is 54.3 Å². The number of nitrogens with zero attached hydrogens (tertiary/aromatic N) is 2.